The van der Waals surface area contributed by atoms with Crippen LogP contribution in [0.15, 0.2) is 48.5 Å². The molecule has 10 radical (unpaired) electrons. The van der Waals surface area contributed by atoms with Gasteiger partial charge >= 0.3 is 38.1 Å². The molecule has 0 unspecified atom stereocenters. The normalized spacial score (nSPS) is 20.0. The van der Waals surface area contributed by atoms with Gasteiger partial charge in [0.15, 0.2) is 0 Å². The Labute approximate surface area is 264 Å². The van der Waals surface area contributed by atoms with Crippen LogP contribution >= 0.6 is 0 Å². The average molecular weight is 630 g/mol. The molecule has 41 heavy (non-hydrogen) atoms. The molecular formula is C34H38N2O4Zr+2. The van der Waals surface area contributed by atoms with Crippen molar-refractivity contribution < 1.29 is 46.0 Å². The van der Waals surface area contributed by atoms with Gasteiger partial charge in [-0.25, -0.2) is 9.59 Å². The molecule has 6 rings (SSSR count). The summed E-state index contributed by atoms with van der Waals surface area (Å²) in [7, 11) is 0. The van der Waals surface area contributed by atoms with E-state index in [0.29, 0.717) is 11.4 Å². The number of fused-ring (bicyclic) bond motifs is 2. The third kappa shape index (κ3) is 9.70. The molecule has 0 spiro atoms. The van der Waals surface area contributed by atoms with E-state index in [0.717, 1.165) is 0 Å². The van der Waals surface area contributed by atoms with Gasteiger partial charge in [0, 0.05) is 11.4 Å². The Morgan fingerprint density at radius 3 is 1.24 bits per heavy atom. The molecule has 0 bridgehead atoms. The maximum atomic E-state index is 10.3. The van der Waals surface area contributed by atoms with Crippen molar-refractivity contribution in [3.05, 3.63) is 121 Å². The molecule has 0 atom stereocenters. The number of nitrogen functional groups attached to an aromatic ring is 2. The molecule has 0 aliphatic heterocycles. The number of aromatic carboxylic acids is 2. The van der Waals surface area contributed by atoms with E-state index in [-0.39, 0.29) is 37.3 Å². The standard InChI is InChI=1S/C20H24.2C7H7NO2.Zr/c1-3-7-19-15(5-1)9-11-17(19)13-14-18-12-10-16-6-2-4-8-20(16)18;2*8-6-3-1-5(2-4-6)7(9)10;/h9-12H,1-8,13-14H2;2*1-4H,8H2,(H,9,10);/q;;;+2. The summed E-state index contributed by atoms with van der Waals surface area (Å²) in [5.74, 6) is 8.14. The molecule has 0 heterocycles. The maximum absolute atomic E-state index is 10.3. The zero-order valence-electron chi connectivity index (χ0n) is 23.4. The molecule has 4 fully saturated rings. The molecule has 6 N–H and O–H groups in total. The van der Waals surface area contributed by atoms with Crippen LogP contribution in [0.2, 0.25) is 0 Å². The van der Waals surface area contributed by atoms with Gasteiger partial charge in [0.2, 0.25) is 0 Å². The summed E-state index contributed by atoms with van der Waals surface area (Å²) in [5.41, 5.74) is 12.3. The fourth-order valence-electron chi connectivity index (χ4n) is 5.55. The van der Waals surface area contributed by atoms with Crippen molar-refractivity contribution in [1.29, 1.82) is 0 Å². The minimum atomic E-state index is -0.931. The minimum Gasteiger partial charge on any atom is -0.478 e. The first-order chi connectivity index (χ1) is 19.3. The second-order valence-electron chi connectivity index (χ2n) is 10.5. The summed E-state index contributed by atoms with van der Waals surface area (Å²) in [4.78, 5) is 20.5. The van der Waals surface area contributed by atoms with Gasteiger partial charge in [-0.3, -0.25) is 0 Å². The summed E-state index contributed by atoms with van der Waals surface area (Å²) in [5, 5.41) is 16.9. The van der Waals surface area contributed by atoms with E-state index in [4.69, 9.17) is 21.7 Å². The smallest absolute Gasteiger partial charge is 0.478 e. The Bertz CT molecular complexity index is 1000. The van der Waals surface area contributed by atoms with Gasteiger partial charge < -0.3 is 21.7 Å². The van der Waals surface area contributed by atoms with Gasteiger partial charge in [0.1, 0.15) is 0 Å². The van der Waals surface area contributed by atoms with Crippen LogP contribution in [0.25, 0.3) is 0 Å². The minimum absolute atomic E-state index is 0. The Hall–Kier alpha value is -2.14. The zero-order chi connectivity index (χ0) is 28.5. The molecule has 6 nitrogen and oxygen atoms in total. The van der Waals surface area contributed by atoms with Gasteiger partial charge in [-0.15, -0.1) is 0 Å². The van der Waals surface area contributed by atoms with Crippen LogP contribution in [-0.2, 0) is 26.2 Å². The molecular weight excluding hydrogens is 592 g/mol. The Balaban J connectivity index is 0.000000187. The fourth-order valence-corrected chi connectivity index (χ4v) is 5.55. The van der Waals surface area contributed by atoms with Crippen LogP contribution in [0, 0.1) is 61.2 Å². The number of carboxylic acid groups (broad SMARTS) is 2. The molecule has 7 heteroatoms. The van der Waals surface area contributed by atoms with E-state index in [1.54, 1.807) is 59.8 Å². The molecule has 0 amide bonds. The third-order valence-electron chi connectivity index (χ3n) is 7.75. The first-order valence-electron chi connectivity index (χ1n) is 14.0. The van der Waals surface area contributed by atoms with Crippen molar-refractivity contribution >= 4 is 23.3 Å². The number of carboxylic acids is 2. The van der Waals surface area contributed by atoms with Crippen LogP contribution in [-0.4, -0.2) is 22.2 Å². The van der Waals surface area contributed by atoms with E-state index < -0.39 is 11.9 Å². The number of rotatable bonds is 5. The molecule has 210 valence electrons. The van der Waals surface area contributed by atoms with Crippen LogP contribution in [0.3, 0.4) is 0 Å². The quantitative estimate of drug-likeness (QED) is 0.261. The second-order valence-corrected chi connectivity index (χ2v) is 10.5. The zero-order valence-corrected chi connectivity index (χ0v) is 25.8. The van der Waals surface area contributed by atoms with Crippen LogP contribution in [0.1, 0.15) is 84.9 Å². The van der Waals surface area contributed by atoms with Crippen molar-refractivity contribution in [2.45, 2.75) is 64.2 Å². The Morgan fingerprint density at radius 1 is 0.561 bits per heavy atom. The van der Waals surface area contributed by atoms with Gasteiger partial charge in [-0.05, 0) is 148 Å². The molecule has 0 aromatic heterocycles. The predicted molar refractivity (Wildman–Crippen MR) is 158 cm³/mol. The predicted octanol–water partition coefficient (Wildman–Crippen LogP) is 7.14. The van der Waals surface area contributed by atoms with Crippen molar-refractivity contribution in [3.8, 4) is 0 Å². The summed E-state index contributed by atoms with van der Waals surface area (Å²) in [6, 6.07) is 12.1. The third-order valence-corrected chi connectivity index (χ3v) is 7.75. The first-order valence-corrected chi connectivity index (χ1v) is 14.0. The number of benzene rings is 2. The largest absolute Gasteiger partial charge is 2.00 e. The van der Waals surface area contributed by atoms with Crippen LogP contribution in [0.5, 0.6) is 0 Å². The number of hydrogen-bond acceptors (Lipinski definition) is 4. The number of nitrogens with two attached hydrogens (primary N) is 2. The topological polar surface area (TPSA) is 127 Å². The maximum Gasteiger partial charge on any atom is 2.00 e. The summed E-state index contributed by atoms with van der Waals surface area (Å²) in [6.45, 7) is 0. The van der Waals surface area contributed by atoms with E-state index in [1.165, 1.54) is 88.5 Å². The number of anilines is 2. The molecule has 0 saturated heterocycles. The fraction of sp³-hybridized carbons (Fsp3) is 0.294. The number of hydrogen-bond donors (Lipinski definition) is 4. The van der Waals surface area contributed by atoms with Crippen LogP contribution < -0.4 is 11.5 Å². The summed E-state index contributed by atoms with van der Waals surface area (Å²) < 4.78 is 0. The molecule has 4 aliphatic rings. The first kappa shape index (κ1) is 33.4. The van der Waals surface area contributed by atoms with Crippen molar-refractivity contribution in [2.75, 3.05) is 11.5 Å². The van der Waals surface area contributed by atoms with E-state index in [9.17, 15) is 9.59 Å². The van der Waals surface area contributed by atoms with E-state index in [2.05, 4.69) is 25.7 Å². The van der Waals surface area contributed by atoms with E-state index in [1.807, 2.05) is 0 Å². The van der Waals surface area contributed by atoms with Gasteiger partial charge in [-0.2, -0.15) is 0 Å². The van der Waals surface area contributed by atoms with Gasteiger partial charge in [0.05, 0.1) is 11.1 Å². The van der Waals surface area contributed by atoms with E-state index >= 15 is 0 Å². The Kier molecular flexibility index (Phi) is 13.4. The molecule has 4 saturated carbocycles. The average Bonchev–Trinajstić information content (AvgIpc) is 3.57. The van der Waals surface area contributed by atoms with Gasteiger partial charge in [-0.1, -0.05) is 25.7 Å². The summed E-state index contributed by atoms with van der Waals surface area (Å²) >= 11 is 0. The summed E-state index contributed by atoms with van der Waals surface area (Å²) in [6.07, 6.45) is 23.0. The van der Waals surface area contributed by atoms with Crippen LogP contribution in [0.4, 0.5) is 11.4 Å². The Morgan fingerprint density at radius 2 is 0.902 bits per heavy atom. The van der Waals surface area contributed by atoms with Crippen molar-refractivity contribution in [1.82, 2.24) is 0 Å². The molecule has 4 aliphatic carbocycles. The van der Waals surface area contributed by atoms with Gasteiger partial charge in [0.25, 0.3) is 0 Å². The SMILES string of the molecule is Nc1ccc(C(=O)O)cc1.Nc1ccc(C(=O)O)cc1.[CH]1[CH][C](CC[C]2[CH][CH][C]3CCCC[C]32)[C]2CCCC[C]12.[Zr+2]. The van der Waals surface area contributed by atoms with Crippen molar-refractivity contribution in [3.63, 3.8) is 0 Å². The monoisotopic (exact) mass is 628 g/mol. The molecule has 2 aromatic rings. The second kappa shape index (κ2) is 16.5. The number of carbonyl (C=O) groups is 2. The van der Waals surface area contributed by atoms with Crippen molar-refractivity contribution in [2.24, 2.45) is 0 Å². The molecule has 2 aromatic carbocycles.